The summed E-state index contributed by atoms with van der Waals surface area (Å²) in [6, 6.07) is 2.87. The van der Waals surface area contributed by atoms with Gasteiger partial charge >= 0.3 is 5.69 Å². The maximum absolute atomic E-state index is 11.6. The Morgan fingerprint density at radius 2 is 1.94 bits per heavy atom. The zero-order chi connectivity index (χ0) is 11.7. The van der Waals surface area contributed by atoms with Crippen LogP contribution in [0.25, 0.3) is 11.4 Å². The summed E-state index contributed by atoms with van der Waals surface area (Å²) in [6.45, 7) is 0. The summed E-state index contributed by atoms with van der Waals surface area (Å²) in [5.74, 6) is 0.659. The molecule has 2 aliphatic rings. The van der Waals surface area contributed by atoms with Crippen LogP contribution in [0.5, 0.6) is 11.5 Å². The lowest BCUT2D eigenvalue weighted by Crippen LogP contribution is -2.21. The van der Waals surface area contributed by atoms with Crippen LogP contribution < -0.4 is 13.9 Å². The molecule has 16 heavy (non-hydrogen) atoms. The molecule has 0 radical (unpaired) electrons. The highest BCUT2D eigenvalue weighted by Crippen LogP contribution is 2.33. The van der Waals surface area contributed by atoms with Crippen LogP contribution in [0.3, 0.4) is 0 Å². The molecule has 2 aliphatic heterocycles. The molecular weight excluding hydrogens is 212 g/mol. The van der Waals surface area contributed by atoms with E-state index in [-0.39, 0.29) is 11.4 Å². The van der Waals surface area contributed by atoms with Crippen molar-refractivity contribution in [3.8, 4) is 22.9 Å². The van der Waals surface area contributed by atoms with Crippen molar-refractivity contribution in [2.24, 2.45) is 0 Å². The molecule has 0 atom stereocenters. The molecule has 0 bridgehead atoms. The molecular formula is C10H10N2O4. The molecule has 0 spiro atoms. The van der Waals surface area contributed by atoms with Gasteiger partial charge in [-0.05, 0) is 0 Å². The number of nitrogens with zero attached hydrogens (tertiary/aromatic N) is 2. The second-order valence-corrected chi connectivity index (χ2v) is 3.12. The average Bonchev–Trinajstić information content (AvgIpc) is 2.31. The second-order valence-electron chi connectivity index (χ2n) is 3.12. The third kappa shape index (κ3) is 1.35. The van der Waals surface area contributed by atoms with E-state index in [9.17, 15) is 10.1 Å². The maximum Gasteiger partial charge on any atom is 0.331 e. The molecule has 6 nitrogen and oxygen atoms in total. The molecule has 2 heterocycles. The number of methoxy groups -OCH3 is 2. The van der Waals surface area contributed by atoms with Gasteiger partial charge in [0, 0.05) is 17.2 Å². The van der Waals surface area contributed by atoms with E-state index in [1.54, 1.807) is 0 Å². The Morgan fingerprint density at radius 3 is 2.56 bits per heavy atom. The number of pyridine rings is 2. The predicted molar refractivity (Wildman–Crippen MR) is 56.3 cm³/mol. The van der Waals surface area contributed by atoms with Crippen molar-refractivity contribution in [1.29, 1.82) is 0 Å². The Balaban J connectivity index is 2.90. The van der Waals surface area contributed by atoms with Gasteiger partial charge < -0.3 is 19.4 Å². The van der Waals surface area contributed by atoms with Gasteiger partial charge in [-0.25, -0.2) is 0 Å². The summed E-state index contributed by atoms with van der Waals surface area (Å²) in [4.78, 5) is 11.6. The molecule has 84 valence electrons. The fraction of sp³-hybridized carbons (Fsp3) is 0.200. The fourth-order valence-electron chi connectivity index (χ4n) is 1.57. The van der Waals surface area contributed by atoms with E-state index in [0.717, 1.165) is 0 Å². The Morgan fingerprint density at radius 1 is 1.25 bits per heavy atom. The van der Waals surface area contributed by atoms with E-state index in [0.29, 0.717) is 20.7 Å². The normalized spacial score (nSPS) is 10.4. The van der Waals surface area contributed by atoms with Gasteiger partial charge in [0.25, 0.3) is 0 Å². The highest BCUT2D eigenvalue weighted by Gasteiger charge is 2.26. The molecule has 0 aromatic rings. The number of hydrogen-bond acceptors (Lipinski definition) is 4. The molecule has 0 aliphatic carbocycles. The molecule has 2 rings (SSSR count). The van der Waals surface area contributed by atoms with E-state index in [1.165, 1.54) is 38.7 Å². The number of rotatable bonds is 2. The van der Waals surface area contributed by atoms with Gasteiger partial charge in [0.05, 0.1) is 24.7 Å². The van der Waals surface area contributed by atoms with Crippen LogP contribution in [0, 0.1) is 10.1 Å². The van der Waals surface area contributed by atoms with Crippen LogP contribution in [0.4, 0.5) is 0 Å². The lowest BCUT2D eigenvalue weighted by atomic mass is 10.2. The predicted octanol–water partition coefficient (Wildman–Crippen LogP) is 0.870. The van der Waals surface area contributed by atoms with Gasteiger partial charge in [0.1, 0.15) is 0 Å². The summed E-state index contributed by atoms with van der Waals surface area (Å²) >= 11 is 0. The van der Waals surface area contributed by atoms with Crippen LogP contribution in [0.1, 0.15) is 0 Å². The quantitative estimate of drug-likeness (QED) is 0.707. The van der Waals surface area contributed by atoms with Crippen molar-refractivity contribution in [2.75, 3.05) is 14.2 Å². The number of aromatic nitrogens is 2. The van der Waals surface area contributed by atoms with E-state index in [2.05, 4.69) is 0 Å². The van der Waals surface area contributed by atoms with Crippen LogP contribution in [-0.4, -0.2) is 19.0 Å². The Bertz CT molecular complexity index is 549. The summed E-state index contributed by atoms with van der Waals surface area (Å²) in [6.07, 6.45) is 2.54. The Labute approximate surface area is 91.2 Å². The van der Waals surface area contributed by atoms with Crippen LogP contribution >= 0.6 is 0 Å². The van der Waals surface area contributed by atoms with Gasteiger partial charge in [-0.15, -0.1) is 0 Å². The van der Waals surface area contributed by atoms with Gasteiger partial charge in [0.15, 0.2) is 17.2 Å². The number of hydrogen-bond donors (Lipinski definition) is 0. The van der Waals surface area contributed by atoms with Crippen molar-refractivity contribution in [1.82, 2.24) is 4.73 Å². The molecule has 0 saturated heterocycles. The van der Waals surface area contributed by atoms with E-state index in [1.807, 2.05) is 0 Å². The molecule has 0 unspecified atom stereocenters. The molecule has 0 saturated carbocycles. The second kappa shape index (κ2) is 3.73. The first-order valence-corrected chi connectivity index (χ1v) is 4.55. The molecule has 0 aromatic heterocycles. The topological polar surface area (TPSA) is 69.4 Å². The smallest absolute Gasteiger partial charge is 0.331 e. The minimum atomic E-state index is 0.152. The monoisotopic (exact) mass is 222 g/mol. The first kappa shape index (κ1) is 10.3. The summed E-state index contributed by atoms with van der Waals surface area (Å²) in [5, 5.41) is 11.6. The minimum Gasteiger partial charge on any atom is -0.805 e. The number of fused-ring (bicyclic) bond motifs is 1. The van der Waals surface area contributed by atoms with Gasteiger partial charge in [-0.1, -0.05) is 0 Å². The van der Waals surface area contributed by atoms with Gasteiger partial charge in [0.2, 0.25) is 6.20 Å². The third-order valence-electron chi connectivity index (χ3n) is 2.29. The number of ether oxygens (including phenoxy) is 2. The first-order chi connectivity index (χ1) is 7.69. The van der Waals surface area contributed by atoms with Gasteiger partial charge in [-0.2, -0.15) is 0 Å². The third-order valence-corrected chi connectivity index (χ3v) is 2.29. The molecule has 0 N–H and O–H groups in total. The van der Waals surface area contributed by atoms with Crippen molar-refractivity contribution in [3.63, 3.8) is 0 Å². The Hall–Kier alpha value is -2.24. The van der Waals surface area contributed by atoms with Crippen LogP contribution in [-0.2, 0) is 0 Å². The van der Waals surface area contributed by atoms with E-state index in [4.69, 9.17) is 9.47 Å². The zero-order valence-corrected chi connectivity index (χ0v) is 8.84. The molecule has 0 fully saturated rings. The van der Waals surface area contributed by atoms with E-state index < -0.39 is 0 Å². The first-order valence-electron chi connectivity index (χ1n) is 4.55. The van der Waals surface area contributed by atoms with Crippen LogP contribution in [0.15, 0.2) is 24.5 Å². The SMILES string of the molecule is COc1cc[n+](=O)c2c(OC)ccn([O-])c1-2. The molecule has 0 amide bonds. The standard InChI is InChI=1S/C10H10N2O4/c1-15-7-3-5-12(14)10-8(16-2)4-6-11(13)9(7)10/h3-6H,1-2H3. The van der Waals surface area contributed by atoms with E-state index >= 15 is 0 Å². The highest BCUT2D eigenvalue weighted by atomic mass is 16.5. The molecule has 6 heteroatoms. The van der Waals surface area contributed by atoms with Crippen molar-refractivity contribution < 1.29 is 13.9 Å². The largest absolute Gasteiger partial charge is 0.805 e. The Kier molecular flexibility index (Phi) is 2.40. The van der Waals surface area contributed by atoms with Gasteiger partial charge in [-0.3, -0.25) is 0 Å². The average molecular weight is 222 g/mol. The summed E-state index contributed by atoms with van der Waals surface area (Å²) in [5.41, 5.74) is 0.304. The summed E-state index contributed by atoms with van der Waals surface area (Å²) < 4.78 is 11.2. The van der Waals surface area contributed by atoms with Crippen LogP contribution in [0.2, 0.25) is 0 Å². The fourth-order valence-corrected chi connectivity index (χ4v) is 1.57. The lowest BCUT2D eigenvalue weighted by molar-refractivity contribution is -0.483. The summed E-state index contributed by atoms with van der Waals surface area (Å²) in [7, 11) is 2.87. The highest BCUT2D eigenvalue weighted by molar-refractivity contribution is 5.67. The lowest BCUT2D eigenvalue weighted by Gasteiger charge is -2.18. The molecule has 0 aromatic carbocycles. The van der Waals surface area contributed by atoms with Crippen molar-refractivity contribution >= 4 is 0 Å². The minimum absolute atomic E-state index is 0.152. The maximum atomic E-state index is 11.6. The van der Waals surface area contributed by atoms with Crippen molar-refractivity contribution in [3.05, 3.63) is 34.6 Å². The zero-order valence-electron chi connectivity index (χ0n) is 8.84. The van der Waals surface area contributed by atoms with Crippen molar-refractivity contribution in [2.45, 2.75) is 0 Å².